The Balaban J connectivity index is 1.50. The van der Waals surface area contributed by atoms with Gasteiger partial charge in [-0.05, 0) is 36.7 Å². The summed E-state index contributed by atoms with van der Waals surface area (Å²) in [5, 5.41) is 2.77. The van der Waals surface area contributed by atoms with Gasteiger partial charge in [-0.1, -0.05) is 36.4 Å². The molecule has 158 valence electrons. The zero-order chi connectivity index (χ0) is 21.7. The maximum Gasteiger partial charge on any atom is 0.261 e. The van der Waals surface area contributed by atoms with E-state index in [9.17, 15) is 22.8 Å². The molecule has 0 aliphatic carbocycles. The molecule has 0 bridgehead atoms. The molecule has 3 rings (SSSR count). The van der Waals surface area contributed by atoms with Crippen molar-refractivity contribution in [2.45, 2.75) is 25.1 Å². The molecule has 2 N–H and O–H groups in total. The number of imide groups is 1. The maximum absolute atomic E-state index is 12.3. The zero-order valence-electron chi connectivity index (χ0n) is 16.6. The lowest BCUT2D eigenvalue weighted by Gasteiger charge is -2.14. The Labute approximate surface area is 175 Å². The van der Waals surface area contributed by atoms with Crippen LogP contribution in [-0.2, 0) is 27.1 Å². The molecule has 0 saturated carbocycles. The minimum absolute atomic E-state index is 0.143. The predicted molar refractivity (Wildman–Crippen MR) is 111 cm³/mol. The molecule has 2 aromatic rings. The highest BCUT2D eigenvalue weighted by Crippen LogP contribution is 2.22. The van der Waals surface area contributed by atoms with Crippen molar-refractivity contribution in [2.75, 3.05) is 13.6 Å². The van der Waals surface area contributed by atoms with Crippen LogP contribution in [0.4, 0.5) is 0 Å². The lowest BCUT2D eigenvalue weighted by molar-refractivity contribution is -0.121. The van der Waals surface area contributed by atoms with Gasteiger partial charge in [-0.25, -0.2) is 13.1 Å². The number of benzene rings is 2. The van der Waals surface area contributed by atoms with E-state index < -0.39 is 10.0 Å². The highest BCUT2D eigenvalue weighted by atomic mass is 32.2. The Hall–Kier alpha value is -3.04. The number of amides is 3. The number of nitrogens with zero attached hydrogens (tertiary/aromatic N) is 1. The highest BCUT2D eigenvalue weighted by molar-refractivity contribution is 7.88. The number of sulfonamides is 1. The van der Waals surface area contributed by atoms with Gasteiger partial charge in [-0.15, -0.1) is 0 Å². The van der Waals surface area contributed by atoms with Crippen molar-refractivity contribution in [3.8, 4) is 0 Å². The van der Waals surface area contributed by atoms with Crippen molar-refractivity contribution in [2.24, 2.45) is 0 Å². The molecule has 0 atom stereocenters. The quantitative estimate of drug-likeness (QED) is 0.586. The molecule has 2 aromatic carbocycles. The summed E-state index contributed by atoms with van der Waals surface area (Å²) in [6.07, 6.45) is 0.484. The molecular weight excluding hydrogens is 406 g/mol. The Bertz CT molecular complexity index is 1050. The lowest BCUT2D eigenvalue weighted by atomic mass is 10.1. The number of carbonyl (C=O) groups excluding carboxylic acids is 3. The molecular formula is C21H23N3O5S. The van der Waals surface area contributed by atoms with Crippen LogP contribution in [0.5, 0.6) is 0 Å². The van der Waals surface area contributed by atoms with Gasteiger partial charge in [0.25, 0.3) is 11.8 Å². The van der Waals surface area contributed by atoms with Crippen molar-refractivity contribution < 1.29 is 22.8 Å². The van der Waals surface area contributed by atoms with Crippen LogP contribution in [0, 0.1) is 0 Å². The normalized spacial score (nSPS) is 13.4. The number of rotatable bonds is 9. The molecule has 0 radical (unpaired) electrons. The average molecular weight is 429 g/mol. The van der Waals surface area contributed by atoms with Gasteiger partial charge in [0, 0.05) is 19.5 Å². The monoisotopic (exact) mass is 429 g/mol. The van der Waals surface area contributed by atoms with Crippen molar-refractivity contribution in [3.63, 3.8) is 0 Å². The van der Waals surface area contributed by atoms with Gasteiger partial charge in [0.2, 0.25) is 15.9 Å². The molecule has 9 heteroatoms. The number of fused-ring (bicyclic) bond motifs is 1. The fraction of sp³-hybridized carbons (Fsp3) is 0.286. The second kappa shape index (κ2) is 9.19. The van der Waals surface area contributed by atoms with E-state index in [0.29, 0.717) is 28.7 Å². The number of hydrogen-bond acceptors (Lipinski definition) is 5. The minimum Gasteiger partial charge on any atom is -0.352 e. The molecule has 1 aliphatic rings. The van der Waals surface area contributed by atoms with Crippen molar-refractivity contribution in [1.29, 1.82) is 0 Å². The summed E-state index contributed by atoms with van der Waals surface area (Å²) in [5.74, 6) is -1.08. The number of hydrogen-bond donors (Lipinski definition) is 2. The molecule has 8 nitrogen and oxygen atoms in total. The van der Waals surface area contributed by atoms with Crippen molar-refractivity contribution >= 4 is 27.7 Å². The van der Waals surface area contributed by atoms with Crippen LogP contribution in [0.1, 0.15) is 44.7 Å². The van der Waals surface area contributed by atoms with Crippen LogP contribution in [0.15, 0.2) is 48.5 Å². The van der Waals surface area contributed by atoms with E-state index >= 15 is 0 Å². The third kappa shape index (κ3) is 4.92. The van der Waals surface area contributed by atoms with E-state index in [1.54, 1.807) is 48.5 Å². The Morgan fingerprint density at radius 3 is 2.10 bits per heavy atom. The van der Waals surface area contributed by atoms with E-state index in [-0.39, 0.29) is 43.0 Å². The first-order valence-corrected chi connectivity index (χ1v) is 11.2. The minimum atomic E-state index is -3.42. The average Bonchev–Trinajstić information content (AvgIpc) is 2.98. The van der Waals surface area contributed by atoms with Crippen LogP contribution in [0.25, 0.3) is 0 Å². The summed E-state index contributed by atoms with van der Waals surface area (Å²) >= 11 is 0. The Morgan fingerprint density at radius 1 is 0.933 bits per heavy atom. The summed E-state index contributed by atoms with van der Waals surface area (Å²) in [7, 11) is -2.07. The topological polar surface area (TPSA) is 113 Å². The van der Waals surface area contributed by atoms with Gasteiger partial charge in [0.15, 0.2) is 0 Å². The summed E-state index contributed by atoms with van der Waals surface area (Å²) < 4.78 is 25.9. The standard InChI is InChI=1S/C21H23N3O5S/c1-22-30(28,29)14-16-8-3-2-7-15(16)13-23-19(25)11-6-12-24-20(26)17-9-4-5-10-18(17)21(24)27/h2-5,7-10,22H,6,11-14H2,1H3,(H,23,25). The second-order valence-electron chi connectivity index (χ2n) is 6.92. The van der Waals surface area contributed by atoms with E-state index in [4.69, 9.17) is 0 Å². The second-order valence-corrected chi connectivity index (χ2v) is 8.85. The molecule has 0 saturated heterocycles. The first-order valence-electron chi connectivity index (χ1n) is 9.52. The van der Waals surface area contributed by atoms with Gasteiger partial charge in [-0.3, -0.25) is 19.3 Å². The molecule has 0 fully saturated rings. The molecule has 0 aromatic heterocycles. The molecule has 30 heavy (non-hydrogen) atoms. The van der Waals surface area contributed by atoms with E-state index in [0.717, 1.165) is 4.90 Å². The molecule has 1 aliphatic heterocycles. The maximum atomic E-state index is 12.3. The van der Waals surface area contributed by atoms with Gasteiger partial charge in [0.05, 0.1) is 16.9 Å². The van der Waals surface area contributed by atoms with Crippen LogP contribution in [0.3, 0.4) is 0 Å². The van der Waals surface area contributed by atoms with Gasteiger partial charge >= 0.3 is 0 Å². The Kier molecular flexibility index (Phi) is 6.63. The fourth-order valence-electron chi connectivity index (χ4n) is 3.27. The summed E-state index contributed by atoms with van der Waals surface area (Å²) in [5.41, 5.74) is 2.10. The Morgan fingerprint density at radius 2 is 1.50 bits per heavy atom. The van der Waals surface area contributed by atoms with E-state index in [1.165, 1.54) is 7.05 Å². The van der Waals surface area contributed by atoms with Crippen LogP contribution >= 0.6 is 0 Å². The molecule has 1 heterocycles. The third-order valence-electron chi connectivity index (χ3n) is 4.91. The SMILES string of the molecule is CNS(=O)(=O)Cc1ccccc1CNC(=O)CCCN1C(=O)c2ccccc2C1=O. The van der Waals surface area contributed by atoms with Gasteiger partial charge < -0.3 is 5.32 Å². The first-order chi connectivity index (χ1) is 14.3. The van der Waals surface area contributed by atoms with Crippen LogP contribution < -0.4 is 10.0 Å². The van der Waals surface area contributed by atoms with E-state index in [1.807, 2.05) is 0 Å². The lowest BCUT2D eigenvalue weighted by Crippen LogP contribution is -2.32. The third-order valence-corrected chi connectivity index (χ3v) is 6.23. The largest absolute Gasteiger partial charge is 0.352 e. The smallest absolute Gasteiger partial charge is 0.261 e. The van der Waals surface area contributed by atoms with Crippen LogP contribution in [0.2, 0.25) is 0 Å². The molecule has 0 spiro atoms. The van der Waals surface area contributed by atoms with Crippen molar-refractivity contribution in [1.82, 2.24) is 14.9 Å². The van der Waals surface area contributed by atoms with Crippen LogP contribution in [-0.4, -0.2) is 44.6 Å². The highest BCUT2D eigenvalue weighted by Gasteiger charge is 2.34. The number of carbonyl (C=O) groups is 3. The molecule has 3 amide bonds. The summed E-state index contributed by atoms with van der Waals surface area (Å²) in [6.45, 7) is 0.359. The zero-order valence-corrected chi connectivity index (χ0v) is 17.4. The summed E-state index contributed by atoms with van der Waals surface area (Å²) in [6, 6.07) is 13.6. The fourth-order valence-corrected chi connectivity index (χ4v) is 4.11. The van der Waals surface area contributed by atoms with Gasteiger partial charge in [-0.2, -0.15) is 0 Å². The van der Waals surface area contributed by atoms with Gasteiger partial charge in [0.1, 0.15) is 0 Å². The van der Waals surface area contributed by atoms with E-state index in [2.05, 4.69) is 10.0 Å². The van der Waals surface area contributed by atoms with Crippen molar-refractivity contribution in [3.05, 3.63) is 70.8 Å². The first kappa shape index (κ1) is 21.7. The summed E-state index contributed by atoms with van der Waals surface area (Å²) in [4.78, 5) is 38.0. The number of nitrogens with one attached hydrogen (secondary N) is 2. The predicted octanol–water partition coefficient (Wildman–Crippen LogP) is 1.43. The molecule has 0 unspecified atom stereocenters.